The van der Waals surface area contributed by atoms with Crippen LogP contribution in [0.3, 0.4) is 0 Å². The predicted octanol–water partition coefficient (Wildman–Crippen LogP) is 3.53. The maximum atomic E-state index is 9.96. The number of hydrogen-bond donors (Lipinski definition) is 2. The lowest BCUT2D eigenvalue weighted by Crippen LogP contribution is -2.34. The fraction of sp³-hybridized carbons (Fsp3) is 0.389. The van der Waals surface area contributed by atoms with Crippen molar-refractivity contribution in [3.8, 4) is 16.9 Å². The number of piperidine rings is 1. The van der Waals surface area contributed by atoms with Crippen LogP contribution < -0.4 is 5.32 Å². The van der Waals surface area contributed by atoms with Crippen molar-refractivity contribution in [3.05, 3.63) is 48.3 Å². The Morgan fingerprint density at radius 3 is 2.90 bits per heavy atom. The second kappa shape index (κ2) is 6.72. The molecule has 3 heteroatoms. The summed E-state index contributed by atoms with van der Waals surface area (Å²) in [6.45, 7) is 1.14. The average molecular weight is 282 g/mol. The van der Waals surface area contributed by atoms with Crippen molar-refractivity contribution < 1.29 is 5.11 Å². The van der Waals surface area contributed by atoms with Gasteiger partial charge in [0.25, 0.3) is 0 Å². The second-order valence-electron chi connectivity index (χ2n) is 5.82. The third-order valence-electron chi connectivity index (χ3n) is 4.17. The Bertz CT molecular complexity index is 577. The quantitative estimate of drug-likeness (QED) is 0.901. The molecule has 2 N–H and O–H groups in total. The molecule has 0 unspecified atom stereocenters. The number of aryl methyl sites for hydroxylation is 1. The van der Waals surface area contributed by atoms with Crippen molar-refractivity contribution in [1.82, 2.24) is 10.3 Å². The number of nitrogens with zero attached hydrogens (tertiary/aromatic N) is 1. The zero-order valence-corrected chi connectivity index (χ0v) is 12.3. The van der Waals surface area contributed by atoms with Crippen LogP contribution in [0.4, 0.5) is 0 Å². The van der Waals surface area contributed by atoms with Crippen LogP contribution in [0.1, 0.15) is 31.2 Å². The van der Waals surface area contributed by atoms with Gasteiger partial charge in [0.2, 0.25) is 0 Å². The van der Waals surface area contributed by atoms with Gasteiger partial charge in [-0.3, -0.25) is 4.98 Å². The number of phenolic OH excluding ortho intramolecular Hbond substituents is 1. The summed E-state index contributed by atoms with van der Waals surface area (Å²) in [5, 5.41) is 13.5. The highest BCUT2D eigenvalue weighted by Gasteiger charge is 2.12. The monoisotopic (exact) mass is 282 g/mol. The number of benzene rings is 1. The minimum atomic E-state index is 0.336. The molecule has 1 fully saturated rings. The van der Waals surface area contributed by atoms with E-state index in [0.717, 1.165) is 30.5 Å². The van der Waals surface area contributed by atoms with Crippen molar-refractivity contribution in [2.75, 3.05) is 6.54 Å². The molecule has 1 aromatic heterocycles. The minimum absolute atomic E-state index is 0.336. The zero-order chi connectivity index (χ0) is 14.5. The molecule has 1 saturated heterocycles. The molecule has 0 spiro atoms. The highest BCUT2D eigenvalue weighted by atomic mass is 16.3. The number of aromatic hydroxyl groups is 1. The van der Waals surface area contributed by atoms with E-state index < -0.39 is 0 Å². The molecule has 1 aliphatic heterocycles. The van der Waals surface area contributed by atoms with Gasteiger partial charge in [-0.2, -0.15) is 0 Å². The fourth-order valence-electron chi connectivity index (χ4n) is 3.03. The first kappa shape index (κ1) is 14.1. The average Bonchev–Trinajstić information content (AvgIpc) is 2.54. The van der Waals surface area contributed by atoms with Crippen LogP contribution >= 0.6 is 0 Å². The maximum absolute atomic E-state index is 9.96. The molecule has 0 radical (unpaired) electrons. The zero-order valence-electron chi connectivity index (χ0n) is 12.3. The SMILES string of the molecule is Oc1cc(CC[C@@H]2CCCCN2)cc(-c2cccnc2)c1. The molecule has 21 heavy (non-hydrogen) atoms. The summed E-state index contributed by atoms with van der Waals surface area (Å²) in [7, 11) is 0. The topological polar surface area (TPSA) is 45.1 Å². The van der Waals surface area contributed by atoms with Crippen molar-refractivity contribution in [3.63, 3.8) is 0 Å². The van der Waals surface area contributed by atoms with Crippen LogP contribution in [-0.4, -0.2) is 22.7 Å². The van der Waals surface area contributed by atoms with Gasteiger partial charge in [-0.1, -0.05) is 18.6 Å². The van der Waals surface area contributed by atoms with E-state index in [2.05, 4.69) is 16.4 Å². The lowest BCUT2D eigenvalue weighted by atomic mass is 9.96. The summed E-state index contributed by atoms with van der Waals surface area (Å²) in [5.74, 6) is 0.336. The van der Waals surface area contributed by atoms with Crippen molar-refractivity contribution in [1.29, 1.82) is 0 Å². The van der Waals surface area contributed by atoms with Gasteiger partial charge in [0, 0.05) is 24.0 Å². The lowest BCUT2D eigenvalue weighted by molar-refractivity contribution is 0.382. The Labute approximate surface area is 126 Å². The second-order valence-corrected chi connectivity index (χ2v) is 5.82. The van der Waals surface area contributed by atoms with Crippen molar-refractivity contribution >= 4 is 0 Å². The van der Waals surface area contributed by atoms with Gasteiger partial charge >= 0.3 is 0 Å². The first-order valence-electron chi connectivity index (χ1n) is 7.78. The number of phenols is 1. The van der Waals surface area contributed by atoms with E-state index in [1.165, 1.54) is 24.8 Å². The van der Waals surface area contributed by atoms with Crippen molar-refractivity contribution in [2.24, 2.45) is 0 Å². The molecule has 0 bridgehead atoms. The molecule has 0 saturated carbocycles. The molecule has 1 aliphatic rings. The van der Waals surface area contributed by atoms with E-state index in [9.17, 15) is 5.11 Å². The molecule has 2 aromatic rings. The van der Waals surface area contributed by atoms with Gasteiger partial charge < -0.3 is 10.4 Å². The van der Waals surface area contributed by atoms with Gasteiger partial charge in [-0.15, -0.1) is 0 Å². The van der Waals surface area contributed by atoms with Crippen LogP contribution in [0.25, 0.3) is 11.1 Å². The van der Waals surface area contributed by atoms with Crippen LogP contribution in [0.2, 0.25) is 0 Å². The molecular formula is C18H22N2O. The van der Waals surface area contributed by atoms with Crippen molar-refractivity contribution in [2.45, 2.75) is 38.1 Å². The first-order chi connectivity index (χ1) is 10.3. The fourth-order valence-corrected chi connectivity index (χ4v) is 3.03. The summed E-state index contributed by atoms with van der Waals surface area (Å²) in [6.07, 6.45) is 9.64. The Balaban J connectivity index is 1.72. The Morgan fingerprint density at radius 1 is 1.19 bits per heavy atom. The predicted molar refractivity (Wildman–Crippen MR) is 85.3 cm³/mol. The number of aromatic nitrogens is 1. The van der Waals surface area contributed by atoms with E-state index in [1.54, 1.807) is 12.3 Å². The standard InChI is InChI=1S/C18H22N2O/c21-18-11-14(6-7-17-5-1-2-9-20-17)10-16(12-18)15-4-3-8-19-13-15/h3-4,8,10-13,17,20-21H,1-2,5-7,9H2/t17-/m0/s1. The van der Waals surface area contributed by atoms with Gasteiger partial charge in [0.05, 0.1) is 0 Å². The Hall–Kier alpha value is -1.87. The van der Waals surface area contributed by atoms with Crippen LogP contribution in [0.5, 0.6) is 5.75 Å². The summed E-state index contributed by atoms with van der Waals surface area (Å²) < 4.78 is 0. The third-order valence-corrected chi connectivity index (χ3v) is 4.17. The maximum Gasteiger partial charge on any atom is 0.116 e. The van der Waals surface area contributed by atoms with Crippen LogP contribution in [-0.2, 0) is 6.42 Å². The smallest absolute Gasteiger partial charge is 0.116 e. The summed E-state index contributed by atoms with van der Waals surface area (Å²) in [6, 6.07) is 10.4. The first-order valence-corrected chi connectivity index (χ1v) is 7.78. The van der Waals surface area contributed by atoms with E-state index in [-0.39, 0.29) is 0 Å². The molecule has 2 heterocycles. The Morgan fingerprint density at radius 2 is 2.14 bits per heavy atom. The highest BCUT2D eigenvalue weighted by Crippen LogP contribution is 2.26. The molecule has 1 atom stereocenters. The lowest BCUT2D eigenvalue weighted by Gasteiger charge is -2.23. The number of hydrogen-bond acceptors (Lipinski definition) is 3. The Kier molecular flexibility index (Phi) is 4.51. The van der Waals surface area contributed by atoms with E-state index in [4.69, 9.17) is 0 Å². The van der Waals surface area contributed by atoms with E-state index >= 15 is 0 Å². The highest BCUT2D eigenvalue weighted by molar-refractivity contribution is 5.65. The minimum Gasteiger partial charge on any atom is -0.508 e. The number of nitrogens with one attached hydrogen (secondary N) is 1. The summed E-state index contributed by atoms with van der Waals surface area (Å²) >= 11 is 0. The van der Waals surface area contributed by atoms with Crippen LogP contribution in [0, 0.1) is 0 Å². The molecule has 3 rings (SSSR count). The summed E-state index contributed by atoms with van der Waals surface area (Å²) in [4.78, 5) is 4.15. The third kappa shape index (κ3) is 3.82. The van der Waals surface area contributed by atoms with Crippen LogP contribution in [0.15, 0.2) is 42.7 Å². The van der Waals surface area contributed by atoms with Gasteiger partial charge in [0.1, 0.15) is 5.75 Å². The largest absolute Gasteiger partial charge is 0.508 e. The van der Waals surface area contributed by atoms with Gasteiger partial charge in [-0.25, -0.2) is 0 Å². The number of rotatable bonds is 4. The molecule has 1 aromatic carbocycles. The van der Waals surface area contributed by atoms with E-state index in [0.29, 0.717) is 11.8 Å². The molecular weight excluding hydrogens is 260 g/mol. The van der Waals surface area contributed by atoms with Gasteiger partial charge in [0.15, 0.2) is 0 Å². The number of pyridine rings is 1. The van der Waals surface area contributed by atoms with E-state index in [1.807, 2.05) is 24.4 Å². The van der Waals surface area contributed by atoms with Gasteiger partial charge in [-0.05, 0) is 61.6 Å². The molecule has 0 amide bonds. The summed E-state index contributed by atoms with van der Waals surface area (Å²) in [5.41, 5.74) is 3.28. The molecule has 110 valence electrons. The molecule has 0 aliphatic carbocycles. The normalized spacial score (nSPS) is 18.6. The molecule has 3 nitrogen and oxygen atoms in total.